The van der Waals surface area contributed by atoms with Gasteiger partial charge in [-0.3, -0.25) is 9.59 Å². The Morgan fingerprint density at radius 1 is 0.320 bits per heavy atom. The van der Waals surface area contributed by atoms with E-state index < -0.39 is 25.7 Å². The van der Waals surface area contributed by atoms with E-state index in [0.29, 0.717) is 0 Å². The monoisotopic (exact) mass is 726 g/mol. The van der Waals surface area contributed by atoms with E-state index in [0.717, 1.165) is 31.8 Å². The average Bonchev–Trinajstić information content (AvgIpc) is 3.20. The van der Waals surface area contributed by atoms with Gasteiger partial charge in [-0.25, -0.2) is 9.49 Å². The molecule has 0 atom stereocenters. The van der Waals surface area contributed by atoms with Gasteiger partial charge in [-0.2, -0.15) is 0 Å². The summed E-state index contributed by atoms with van der Waals surface area (Å²) in [7, 11) is -5.90. The van der Waals surface area contributed by atoms with E-state index in [9.17, 15) is 9.59 Å². The summed E-state index contributed by atoms with van der Waals surface area (Å²) in [5.41, 5.74) is -0.345. The van der Waals surface area contributed by atoms with Crippen LogP contribution in [0.15, 0.2) is 213 Å². The summed E-state index contributed by atoms with van der Waals surface area (Å²) in [6, 6.07) is 58.9. The number of rotatable bonds is 8. The highest BCUT2D eigenvalue weighted by molar-refractivity contribution is 7.88. The van der Waals surface area contributed by atoms with Crippen LogP contribution in [0.1, 0.15) is 0 Å². The fourth-order valence-corrected chi connectivity index (χ4v) is 13.8. The lowest BCUT2D eigenvalue weighted by Crippen LogP contribution is -2.28. The largest absolute Gasteiger partial charge is 0.286 e. The Hall–Kier alpha value is -4.82. The Kier molecular flexibility index (Phi) is 9.81. The van der Waals surface area contributed by atoms with Crippen LogP contribution >= 0.6 is 37.3 Å². The fourth-order valence-electron chi connectivity index (χ4n) is 6.20. The summed E-state index contributed by atoms with van der Waals surface area (Å²) >= 11 is 14.0. The maximum Gasteiger partial charge on any atom is 0.226 e. The molecule has 1 aliphatic carbocycles. The number of Topliss-reactive ketones (excluding diaryl/α,β-unsaturated/α-hetero) is 2. The zero-order chi connectivity index (χ0) is 34.6. The predicted molar refractivity (Wildman–Crippen MR) is 211 cm³/mol. The first kappa shape index (κ1) is 33.7. The topological polar surface area (TPSA) is 58.9 Å². The first-order chi connectivity index (χ1) is 24.5. The molecular formula is C42H30Cl2N2O2P2. The van der Waals surface area contributed by atoms with Crippen LogP contribution in [0.2, 0.25) is 0 Å². The molecule has 0 bridgehead atoms. The van der Waals surface area contributed by atoms with Gasteiger partial charge in [0.1, 0.15) is 21.5 Å². The Bertz CT molecular complexity index is 1990. The van der Waals surface area contributed by atoms with Crippen LogP contribution in [0.4, 0.5) is 0 Å². The van der Waals surface area contributed by atoms with Crippen molar-refractivity contribution in [2.24, 2.45) is 9.49 Å². The Labute approximate surface area is 301 Å². The van der Waals surface area contributed by atoms with Crippen LogP contribution in [0.3, 0.4) is 0 Å². The van der Waals surface area contributed by atoms with Crippen LogP contribution in [0, 0.1) is 0 Å². The van der Waals surface area contributed by atoms with Crippen LogP contribution in [0.5, 0.6) is 0 Å². The molecule has 244 valence electrons. The quantitative estimate of drug-likeness (QED) is 0.117. The SMILES string of the molecule is O=C1C(Cl)=C(N=P(c2ccccc2)(c2ccccc2)c2ccccc2)C(=O)C(Cl)=C1N=P(c1ccccc1)(c1ccccc1)c1ccccc1. The number of hydrogen-bond donors (Lipinski definition) is 0. The zero-order valence-corrected chi connectivity index (χ0v) is 30.0. The van der Waals surface area contributed by atoms with Crippen molar-refractivity contribution in [1.82, 2.24) is 0 Å². The van der Waals surface area contributed by atoms with Crippen LogP contribution < -0.4 is 31.8 Å². The number of hydrogen-bond acceptors (Lipinski definition) is 4. The van der Waals surface area contributed by atoms with Gasteiger partial charge in [0.2, 0.25) is 11.6 Å². The molecule has 0 aliphatic heterocycles. The molecule has 8 heteroatoms. The normalized spacial score (nSPS) is 13.7. The molecule has 0 spiro atoms. The second kappa shape index (κ2) is 14.6. The maximum absolute atomic E-state index is 14.6. The van der Waals surface area contributed by atoms with Crippen molar-refractivity contribution in [2.75, 3.05) is 0 Å². The number of carbonyl (C=O) groups excluding carboxylic acids is 2. The van der Waals surface area contributed by atoms with E-state index >= 15 is 0 Å². The molecule has 0 radical (unpaired) electrons. The summed E-state index contributed by atoms with van der Waals surface area (Å²) in [5, 5.41) is 4.76. The van der Waals surface area contributed by atoms with Gasteiger partial charge in [0.25, 0.3) is 0 Å². The van der Waals surface area contributed by atoms with Gasteiger partial charge in [-0.15, -0.1) is 0 Å². The number of ketones is 2. The smallest absolute Gasteiger partial charge is 0.226 e. The molecule has 7 rings (SSSR count). The molecule has 6 aromatic rings. The van der Waals surface area contributed by atoms with Gasteiger partial charge in [0, 0.05) is 31.8 Å². The predicted octanol–water partition coefficient (Wildman–Crippen LogP) is 8.39. The summed E-state index contributed by atoms with van der Waals surface area (Å²) in [6.07, 6.45) is 0. The van der Waals surface area contributed by atoms with Crippen molar-refractivity contribution < 1.29 is 9.59 Å². The molecular weight excluding hydrogens is 697 g/mol. The molecule has 0 saturated heterocycles. The third kappa shape index (κ3) is 6.00. The van der Waals surface area contributed by atoms with Gasteiger partial charge < -0.3 is 0 Å². The van der Waals surface area contributed by atoms with E-state index in [1.165, 1.54) is 0 Å². The first-order valence-corrected chi connectivity index (χ1v) is 20.2. The minimum atomic E-state index is -2.95. The lowest BCUT2D eigenvalue weighted by Gasteiger charge is -2.29. The van der Waals surface area contributed by atoms with E-state index in [2.05, 4.69) is 0 Å². The van der Waals surface area contributed by atoms with Crippen LogP contribution in [-0.2, 0) is 9.59 Å². The summed E-state index contributed by atoms with van der Waals surface area (Å²) in [6.45, 7) is 0. The highest BCUT2D eigenvalue weighted by Crippen LogP contribution is 2.52. The lowest BCUT2D eigenvalue weighted by atomic mass is 10.1. The van der Waals surface area contributed by atoms with E-state index in [-0.39, 0.29) is 21.5 Å². The average molecular weight is 728 g/mol. The zero-order valence-electron chi connectivity index (χ0n) is 26.7. The number of allylic oxidation sites excluding steroid dienone is 2. The minimum Gasteiger partial charge on any atom is -0.286 e. The maximum atomic E-state index is 14.6. The third-order valence-electron chi connectivity index (χ3n) is 8.52. The molecule has 0 fully saturated rings. The van der Waals surface area contributed by atoms with E-state index in [1.807, 2.05) is 182 Å². The van der Waals surface area contributed by atoms with Gasteiger partial charge >= 0.3 is 0 Å². The molecule has 0 amide bonds. The number of nitrogens with zero attached hydrogens (tertiary/aromatic N) is 2. The summed E-state index contributed by atoms with van der Waals surface area (Å²) in [5.74, 6) is -1.29. The highest BCUT2D eigenvalue weighted by atomic mass is 35.5. The van der Waals surface area contributed by atoms with Crippen LogP contribution in [-0.4, -0.2) is 11.6 Å². The second-order valence-electron chi connectivity index (χ2n) is 11.5. The molecule has 50 heavy (non-hydrogen) atoms. The standard InChI is InChI=1S/C42H30Cl2N2O2P2/c43-37-39(45-49(31-19-7-1-8-20-31,32-21-9-2-10-22-32)33-23-11-3-12-24-33)41(47)38(44)40(42(37)48)46-50(34-25-13-4-14-26-34,35-27-15-5-16-28-35)36-29-17-6-18-30-36/h1-30H. The molecule has 1 aliphatic rings. The van der Waals surface area contributed by atoms with Gasteiger partial charge in [-0.1, -0.05) is 205 Å². The van der Waals surface area contributed by atoms with Crippen molar-refractivity contribution in [3.63, 3.8) is 0 Å². The Balaban J connectivity index is 1.53. The second-order valence-corrected chi connectivity index (χ2v) is 18.3. The number of halogens is 2. The molecule has 0 N–H and O–H groups in total. The molecule has 0 aromatic heterocycles. The lowest BCUT2D eigenvalue weighted by molar-refractivity contribution is -0.115. The van der Waals surface area contributed by atoms with Crippen molar-refractivity contribution >= 4 is 80.7 Å². The molecule has 0 unspecified atom stereocenters. The minimum absolute atomic E-state index is 0.173. The van der Waals surface area contributed by atoms with Crippen molar-refractivity contribution in [3.8, 4) is 0 Å². The molecule has 0 saturated carbocycles. The van der Waals surface area contributed by atoms with E-state index in [1.54, 1.807) is 0 Å². The molecule has 0 heterocycles. The summed E-state index contributed by atoms with van der Waals surface area (Å²) < 4.78 is 10.6. The first-order valence-electron chi connectivity index (χ1n) is 15.9. The fraction of sp³-hybridized carbons (Fsp3) is 0. The molecule has 4 nitrogen and oxygen atoms in total. The van der Waals surface area contributed by atoms with Gasteiger partial charge in [-0.05, 0) is 0 Å². The molecule has 6 aromatic carbocycles. The third-order valence-corrected chi connectivity index (χ3v) is 16.5. The van der Waals surface area contributed by atoms with Crippen molar-refractivity contribution in [1.29, 1.82) is 0 Å². The van der Waals surface area contributed by atoms with Gasteiger partial charge in [0.15, 0.2) is 0 Å². The van der Waals surface area contributed by atoms with E-state index in [4.69, 9.17) is 32.7 Å². The Morgan fingerprint density at radius 3 is 0.680 bits per heavy atom. The van der Waals surface area contributed by atoms with Crippen molar-refractivity contribution in [3.05, 3.63) is 203 Å². The summed E-state index contributed by atoms with van der Waals surface area (Å²) in [4.78, 5) is 29.1. The van der Waals surface area contributed by atoms with Crippen LogP contribution in [0.25, 0.3) is 0 Å². The van der Waals surface area contributed by atoms with Crippen molar-refractivity contribution in [2.45, 2.75) is 0 Å². The Morgan fingerprint density at radius 2 is 0.500 bits per heavy atom. The number of carbonyl (C=O) groups is 2. The number of benzene rings is 6. The van der Waals surface area contributed by atoms with Gasteiger partial charge in [0.05, 0.1) is 14.1 Å². The highest BCUT2D eigenvalue weighted by Gasteiger charge is 2.39.